The topological polar surface area (TPSA) is 134 Å². The molecule has 3 aromatic carbocycles. The number of nitrogens with one attached hydrogen (secondary N) is 2. The van der Waals surface area contributed by atoms with E-state index in [9.17, 15) is 23.6 Å². The van der Waals surface area contributed by atoms with Crippen LogP contribution in [0.3, 0.4) is 0 Å². The highest BCUT2D eigenvalue weighted by Crippen LogP contribution is 2.38. The van der Waals surface area contributed by atoms with Gasteiger partial charge in [0.25, 0.3) is 5.91 Å². The quantitative estimate of drug-likeness (QED) is 0.246. The number of carbonyl (C=O) groups is 4. The average molecular weight is 598 g/mol. The molecule has 0 spiro atoms. The van der Waals surface area contributed by atoms with Crippen molar-refractivity contribution >= 4 is 51.5 Å². The Kier molecular flexibility index (Phi) is 8.25. The van der Waals surface area contributed by atoms with E-state index in [2.05, 4.69) is 26.6 Å². The van der Waals surface area contributed by atoms with Crippen molar-refractivity contribution in [2.75, 3.05) is 19.0 Å². The van der Waals surface area contributed by atoms with E-state index >= 15 is 0 Å². The molecule has 4 amide bonds. The molecule has 39 heavy (non-hydrogen) atoms. The molecule has 1 heterocycles. The molecule has 0 bridgehead atoms. The van der Waals surface area contributed by atoms with Crippen LogP contribution in [0.15, 0.2) is 70.8 Å². The highest BCUT2D eigenvalue weighted by Gasteiger charge is 2.35. The monoisotopic (exact) mass is 597 g/mol. The number of anilines is 1. The molecule has 1 aliphatic rings. The van der Waals surface area contributed by atoms with Crippen LogP contribution in [0.25, 0.3) is 6.08 Å². The number of carboxylic acids is 1. The Labute approximate surface area is 230 Å². The number of methoxy groups -OCH3 is 1. The van der Waals surface area contributed by atoms with Crippen molar-refractivity contribution in [3.05, 3.63) is 93.3 Å². The Morgan fingerprint density at radius 1 is 1.13 bits per heavy atom. The zero-order valence-corrected chi connectivity index (χ0v) is 22.0. The predicted molar refractivity (Wildman–Crippen MR) is 142 cm³/mol. The van der Waals surface area contributed by atoms with E-state index < -0.39 is 36.2 Å². The molecule has 1 fully saturated rings. The number of ether oxygens (including phenoxy) is 2. The van der Waals surface area contributed by atoms with E-state index in [1.165, 1.54) is 49.6 Å². The summed E-state index contributed by atoms with van der Waals surface area (Å²) in [6, 6.07) is 14.2. The van der Waals surface area contributed by atoms with Crippen molar-refractivity contribution in [3.63, 3.8) is 0 Å². The van der Waals surface area contributed by atoms with Gasteiger partial charge in [0.1, 0.15) is 24.7 Å². The molecule has 10 nitrogen and oxygen atoms in total. The largest absolute Gasteiger partial charge is 0.493 e. The fourth-order valence-electron chi connectivity index (χ4n) is 3.64. The van der Waals surface area contributed by atoms with Crippen LogP contribution < -0.4 is 20.1 Å². The first kappa shape index (κ1) is 27.3. The van der Waals surface area contributed by atoms with Crippen LogP contribution in [0.5, 0.6) is 11.5 Å². The molecule has 1 aliphatic heterocycles. The number of urea groups is 1. The van der Waals surface area contributed by atoms with Gasteiger partial charge < -0.3 is 25.2 Å². The maximum atomic E-state index is 13.8. The second-order valence-electron chi connectivity index (χ2n) is 8.23. The fraction of sp³-hybridized carbons (Fsp3) is 0.111. The summed E-state index contributed by atoms with van der Waals surface area (Å²) < 4.78 is 25.6. The Bertz CT molecular complexity index is 1490. The van der Waals surface area contributed by atoms with Gasteiger partial charge in [-0.15, -0.1) is 0 Å². The van der Waals surface area contributed by atoms with E-state index in [0.717, 1.165) is 5.56 Å². The number of benzene rings is 3. The average Bonchev–Trinajstić information content (AvgIpc) is 3.16. The number of imide groups is 1. The Morgan fingerprint density at radius 3 is 2.51 bits per heavy atom. The van der Waals surface area contributed by atoms with Gasteiger partial charge in [-0.25, -0.2) is 18.9 Å². The molecule has 0 radical (unpaired) electrons. The summed E-state index contributed by atoms with van der Waals surface area (Å²) in [5, 5.41) is 13.8. The van der Waals surface area contributed by atoms with Gasteiger partial charge in [-0.3, -0.25) is 9.59 Å². The zero-order chi connectivity index (χ0) is 28.1. The summed E-state index contributed by atoms with van der Waals surface area (Å²) >= 11 is 3.42. The second-order valence-corrected chi connectivity index (χ2v) is 9.09. The Hall–Kier alpha value is -4.71. The van der Waals surface area contributed by atoms with Crippen molar-refractivity contribution in [2.24, 2.45) is 0 Å². The molecule has 200 valence electrons. The number of aromatic carboxylic acids is 1. The summed E-state index contributed by atoms with van der Waals surface area (Å²) in [5.74, 6) is -2.45. The summed E-state index contributed by atoms with van der Waals surface area (Å²) in [7, 11) is 1.44. The molecule has 3 aromatic rings. The molecule has 0 aliphatic carbocycles. The van der Waals surface area contributed by atoms with Crippen LogP contribution in [0.4, 0.5) is 14.9 Å². The minimum Gasteiger partial charge on any atom is -0.493 e. The molecular weight excluding hydrogens is 577 g/mol. The van der Waals surface area contributed by atoms with Gasteiger partial charge in [-0.05, 0) is 69.5 Å². The lowest BCUT2D eigenvalue weighted by Gasteiger charge is -2.14. The summed E-state index contributed by atoms with van der Waals surface area (Å²) in [6.07, 6.45) is 1.41. The molecule has 0 aromatic heterocycles. The van der Waals surface area contributed by atoms with E-state index in [1.807, 2.05) is 0 Å². The predicted octanol–water partition coefficient (Wildman–Crippen LogP) is 4.41. The number of hydrogen-bond acceptors (Lipinski definition) is 6. The van der Waals surface area contributed by atoms with E-state index in [1.54, 1.807) is 24.3 Å². The summed E-state index contributed by atoms with van der Waals surface area (Å²) in [6.45, 7) is -0.475. The SMILES string of the molecule is COc1cc(/C=C2/NC(=O)N(CC(=O)Nc3ccccc3F)C2=O)cc(Br)c1OCc1ccc(C(=O)O)cc1. The van der Waals surface area contributed by atoms with Crippen LogP contribution in [0.2, 0.25) is 0 Å². The summed E-state index contributed by atoms with van der Waals surface area (Å²) in [4.78, 5) is 49.2. The first-order chi connectivity index (χ1) is 18.7. The van der Waals surface area contributed by atoms with Crippen LogP contribution in [-0.4, -0.2) is 47.5 Å². The van der Waals surface area contributed by atoms with Crippen molar-refractivity contribution in [2.45, 2.75) is 6.61 Å². The van der Waals surface area contributed by atoms with Crippen LogP contribution in [-0.2, 0) is 16.2 Å². The third-order valence-electron chi connectivity index (χ3n) is 5.56. The lowest BCUT2D eigenvalue weighted by atomic mass is 10.1. The Morgan fingerprint density at radius 2 is 1.85 bits per heavy atom. The second kappa shape index (κ2) is 11.8. The minimum atomic E-state index is -1.03. The first-order valence-electron chi connectivity index (χ1n) is 11.4. The molecule has 0 unspecified atom stereocenters. The van der Waals surface area contributed by atoms with Gasteiger partial charge in [0, 0.05) is 0 Å². The minimum absolute atomic E-state index is 0.0677. The smallest absolute Gasteiger partial charge is 0.335 e. The van der Waals surface area contributed by atoms with E-state index in [0.29, 0.717) is 26.4 Å². The molecule has 3 N–H and O–H groups in total. The first-order valence-corrected chi connectivity index (χ1v) is 12.2. The van der Waals surface area contributed by atoms with Gasteiger partial charge in [0.15, 0.2) is 11.5 Å². The van der Waals surface area contributed by atoms with Gasteiger partial charge in [-0.1, -0.05) is 24.3 Å². The number of carbonyl (C=O) groups excluding carboxylic acids is 3. The number of carboxylic acid groups (broad SMARTS) is 1. The van der Waals surface area contributed by atoms with Gasteiger partial charge in [0.2, 0.25) is 5.91 Å². The van der Waals surface area contributed by atoms with Crippen LogP contribution >= 0.6 is 15.9 Å². The van der Waals surface area contributed by atoms with Crippen molar-refractivity contribution in [1.82, 2.24) is 10.2 Å². The van der Waals surface area contributed by atoms with Crippen LogP contribution in [0, 0.1) is 5.82 Å². The number of hydrogen-bond donors (Lipinski definition) is 3. The van der Waals surface area contributed by atoms with E-state index in [4.69, 9.17) is 14.6 Å². The fourth-order valence-corrected chi connectivity index (χ4v) is 4.21. The number of nitrogens with zero attached hydrogens (tertiary/aromatic N) is 1. The lowest BCUT2D eigenvalue weighted by molar-refractivity contribution is -0.127. The number of rotatable bonds is 9. The number of amides is 4. The van der Waals surface area contributed by atoms with E-state index in [-0.39, 0.29) is 23.6 Å². The van der Waals surface area contributed by atoms with Gasteiger partial charge in [0.05, 0.1) is 22.8 Å². The molecule has 12 heteroatoms. The standard InChI is InChI=1S/C27H21BrFN3O7/c1-38-22-12-16(10-18(28)24(22)39-14-15-6-8-17(9-7-15)26(35)36)11-21-25(34)32(27(37)31-21)13-23(33)30-20-5-3-2-4-19(20)29/h2-12H,13-14H2,1H3,(H,30,33)(H,31,37)(H,35,36)/b21-11+. The highest BCUT2D eigenvalue weighted by atomic mass is 79.9. The molecule has 4 rings (SSSR count). The highest BCUT2D eigenvalue weighted by molar-refractivity contribution is 9.10. The van der Waals surface area contributed by atoms with Crippen molar-refractivity contribution in [3.8, 4) is 11.5 Å². The van der Waals surface area contributed by atoms with Gasteiger partial charge in [-0.2, -0.15) is 0 Å². The van der Waals surface area contributed by atoms with Gasteiger partial charge >= 0.3 is 12.0 Å². The molecule has 0 atom stereocenters. The maximum absolute atomic E-state index is 13.8. The summed E-state index contributed by atoms with van der Waals surface area (Å²) in [5.41, 5.74) is 1.24. The normalized spacial score (nSPS) is 13.8. The number of halogens is 2. The van der Waals surface area contributed by atoms with Crippen molar-refractivity contribution < 1.29 is 38.1 Å². The number of para-hydroxylation sites is 1. The third-order valence-corrected chi connectivity index (χ3v) is 6.15. The lowest BCUT2D eigenvalue weighted by Crippen LogP contribution is -2.38. The van der Waals surface area contributed by atoms with Crippen LogP contribution in [0.1, 0.15) is 21.5 Å². The third kappa shape index (κ3) is 6.41. The molecular formula is C27H21BrFN3O7. The Balaban J connectivity index is 1.46. The maximum Gasteiger partial charge on any atom is 0.335 e. The zero-order valence-electron chi connectivity index (χ0n) is 20.4. The van der Waals surface area contributed by atoms with Crippen molar-refractivity contribution in [1.29, 1.82) is 0 Å². The molecule has 1 saturated heterocycles. The molecule has 0 saturated carbocycles.